The van der Waals surface area contributed by atoms with E-state index in [1.807, 2.05) is 13.8 Å². The zero-order valence-corrected chi connectivity index (χ0v) is 15.7. The maximum Gasteiger partial charge on any atom is 0.317 e. The maximum absolute atomic E-state index is 14.0. The minimum atomic E-state index is -1.09. The molecule has 1 spiro atoms. The van der Waals surface area contributed by atoms with E-state index in [4.69, 9.17) is 9.47 Å². The molecular weight excluding hydrogens is 353 g/mol. The quantitative estimate of drug-likeness (QED) is 0.851. The molecule has 0 aromatic heterocycles. The van der Waals surface area contributed by atoms with Gasteiger partial charge in [0.2, 0.25) is 5.79 Å². The van der Waals surface area contributed by atoms with E-state index in [2.05, 4.69) is 5.32 Å². The molecule has 2 heterocycles. The third-order valence-electron chi connectivity index (χ3n) is 4.62. The lowest BCUT2D eigenvalue weighted by Crippen LogP contribution is -2.60. The van der Waals surface area contributed by atoms with Gasteiger partial charge in [0.1, 0.15) is 5.82 Å². The van der Waals surface area contributed by atoms with E-state index in [-0.39, 0.29) is 37.3 Å². The number of morpholine rings is 1. The molecule has 2 aliphatic rings. The molecule has 1 aromatic rings. The zero-order chi connectivity index (χ0) is 19.4. The second kappa shape index (κ2) is 8.22. The van der Waals surface area contributed by atoms with Gasteiger partial charge in [-0.05, 0) is 32.4 Å². The molecule has 8 heteroatoms. The number of benzene rings is 1. The molecule has 1 atom stereocenters. The summed E-state index contributed by atoms with van der Waals surface area (Å²) in [5, 5.41) is 2.88. The van der Waals surface area contributed by atoms with Crippen LogP contribution in [0.4, 0.5) is 9.18 Å². The Morgan fingerprint density at radius 1 is 1.11 bits per heavy atom. The van der Waals surface area contributed by atoms with Crippen LogP contribution in [0.15, 0.2) is 24.3 Å². The molecule has 3 amide bonds. The number of hydrogen-bond donors (Lipinski definition) is 1. The van der Waals surface area contributed by atoms with Crippen molar-refractivity contribution in [1.82, 2.24) is 15.1 Å². The number of nitrogens with zero attached hydrogens (tertiary/aromatic N) is 2. The highest BCUT2D eigenvalue weighted by atomic mass is 19.1. The summed E-state index contributed by atoms with van der Waals surface area (Å²) in [5.74, 6) is -2.05. The molecule has 0 saturated carbocycles. The molecule has 0 aliphatic carbocycles. The van der Waals surface area contributed by atoms with Crippen molar-refractivity contribution in [2.75, 3.05) is 39.4 Å². The van der Waals surface area contributed by atoms with E-state index in [1.54, 1.807) is 17.0 Å². The summed E-state index contributed by atoms with van der Waals surface area (Å²) in [6, 6.07) is 5.75. The van der Waals surface area contributed by atoms with Crippen LogP contribution < -0.4 is 5.32 Å². The number of hydrogen-bond acceptors (Lipinski definition) is 4. The van der Waals surface area contributed by atoms with Gasteiger partial charge < -0.3 is 24.6 Å². The number of rotatable bonds is 2. The molecule has 7 nitrogen and oxygen atoms in total. The van der Waals surface area contributed by atoms with Crippen molar-refractivity contribution in [3.8, 4) is 0 Å². The average molecular weight is 379 g/mol. The molecule has 2 saturated heterocycles. The third-order valence-corrected chi connectivity index (χ3v) is 4.62. The van der Waals surface area contributed by atoms with Gasteiger partial charge in [-0.25, -0.2) is 9.18 Å². The van der Waals surface area contributed by atoms with Crippen molar-refractivity contribution in [2.45, 2.75) is 32.1 Å². The second-order valence-corrected chi connectivity index (χ2v) is 7.19. The summed E-state index contributed by atoms with van der Waals surface area (Å²) >= 11 is 0. The number of halogens is 1. The smallest absolute Gasteiger partial charge is 0.317 e. The van der Waals surface area contributed by atoms with Gasteiger partial charge >= 0.3 is 6.03 Å². The van der Waals surface area contributed by atoms with E-state index in [1.165, 1.54) is 17.0 Å². The van der Waals surface area contributed by atoms with Crippen LogP contribution in [0.5, 0.6) is 0 Å². The predicted octanol–water partition coefficient (Wildman–Crippen LogP) is 1.83. The Labute approximate surface area is 158 Å². The first-order valence-electron chi connectivity index (χ1n) is 9.27. The molecular formula is C19H26FN3O4. The molecule has 2 aliphatic heterocycles. The minimum Gasteiger partial charge on any atom is -0.347 e. The molecule has 1 unspecified atom stereocenters. The van der Waals surface area contributed by atoms with Gasteiger partial charge in [-0.2, -0.15) is 0 Å². The summed E-state index contributed by atoms with van der Waals surface area (Å²) in [6.07, 6.45) is 0.678. The standard InChI is InChI=1S/C19H26FN3O4/c1-14(2)21-18(25)23-8-5-10-26-19(13-23)12-22(9-11-27-19)17(24)15-6-3-4-7-16(15)20/h3-4,6-7,14H,5,8-13H2,1-2H3,(H,21,25). The fourth-order valence-electron chi connectivity index (χ4n) is 3.36. The van der Waals surface area contributed by atoms with Gasteiger partial charge in [0, 0.05) is 19.1 Å². The summed E-state index contributed by atoms with van der Waals surface area (Å²) in [6.45, 7) is 5.73. The largest absolute Gasteiger partial charge is 0.347 e. The third kappa shape index (κ3) is 4.56. The number of ether oxygens (including phenoxy) is 2. The number of carbonyl (C=O) groups excluding carboxylic acids is 2. The Bertz CT molecular complexity index is 699. The molecule has 1 N–H and O–H groups in total. The average Bonchev–Trinajstić information content (AvgIpc) is 2.84. The fraction of sp³-hybridized carbons (Fsp3) is 0.579. The Hall–Kier alpha value is -2.19. The van der Waals surface area contributed by atoms with Gasteiger partial charge in [-0.15, -0.1) is 0 Å². The molecule has 2 fully saturated rings. The van der Waals surface area contributed by atoms with E-state index in [0.29, 0.717) is 26.1 Å². The Morgan fingerprint density at radius 3 is 2.56 bits per heavy atom. The van der Waals surface area contributed by atoms with Gasteiger partial charge in [-0.1, -0.05) is 12.1 Å². The molecule has 3 rings (SSSR count). The van der Waals surface area contributed by atoms with E-state index in [9.17, 15) is 14.0 Å². The highest BCUT2D eigenvalue weighted by molar-refractivity contribution is 5.94. The number of nitrogens with one attached hydrogen (secondary N) is 1. The van der Waals surface area contributed by atoms with Crippen LogP contribution in [0.1, 0.15) is 30.6 Å². The van der Waals surface area contributed by atoms with Crippen LogP contribution in [-0.2, 0) is 9.47 Å². The van der Waals surface area contributed by atoms with Crippen molar-refractivity contribution in [1.29, 1.82) is 0 Å². The summed E-state index contributed by atoms with van der Waals surface area (Å²) in [7, 11) is 0. The first kappa shape index (κ1) is 19.6. The van der Waals surface area contributed by atoms with Crippen LogP contribution >= 0.6 is 0 Å². The molecule has 0 radical (unpaired) electrons. The number of amides is 3. The van der Waals surface area contributed by atoms with E-state index < -0.39 is 17.5 Å². The SMILES string of the molecule is CC(C)NC(=O)N1CCCOC2(C1)CN(C(=O)c1ccccc1F)CCO2. The lowest BCUT2D eigenvalue weighted by molar-refractivity contribution is -0.258. The van der Waals surface area contributed by atoms with Gasteiger partial charge in [0.05, 0.1) is 31.9 Å². The molecule has 148 valence electrons. The maximum atomic E-state index is 14.0. The van der Waals surface area contributed by atoms with Crippen molar-refractivity contribution < 1.29 is 23.5 Å². The topological polar surface area (TPSA) is 71.1 Å². The predicted molar refractivity (Wildman–Crippen MR) is 96.8 cm³/mol. The normalized spacial score (nSPS) is 23.4. The van der Waals surface area contributed by atoms with Crippen LogP contribution in [0, 0.1) is 5.82 Å². The Morgan fingerprint density at radius 2 is 1.81 bits per heavy atom. The van der Waals surface area contributed by atoms with Crippen molar-refractivity contribution in [2.24, 2.45) is 0 Å². The zero-order valence-electron chi connectivity index (χ0n) is 15.7. The van der Waals surface area contributed by atoms with Crippen LogP contribution in [0.25, 0.3) is 0 Å². The van der Waals surface area contributed by atoms with Crippen LogP contribution in [-0.4, -0.2) is 73.0 Å². The van der Waals surface area contributed by atoms with E-state index in [0.717, 1.165) is 0 Å². The lowest BCUT2D eigenvalue weighted by Gasteiger charge is -2.43. The van der Waals surface area contributed by atoms with Crippen molar-refractivity contribution >= 4 is 11.9 Å². The van der Waals surface area contributed by atoms with Crippen LogP contribution in [0.3, 0.4) is 0 Å². The Kier molecular flexibility index (Phi) is 5.96. The first-order chi connectivity index (χ1) is 12.9. The Balaban J connectivity index is 1.75. The highest BCUT2D eigenvalue weighted by Gasteiger charge is 2.43. The lowest BCUT2D eigenvalue weighted by atomic mass is 10.1. The fourth-order valence-corrected chi connectivity index (χ4v) is 3.36. The van der Waals surface area contributed by atoms with Crippen molar-refractivity contribution in [3.63, 3.8) is 0 Å². The van der Waals surface area contributed by atoms with Gasteiger partial charge in [0.15, 0.2) is 0 Å². The molecule has 0 bridgehead atoms. The summed E-state index contributed by atoms with van der Waals surface area (Å²) < 4.78 is 25.8. The van der Waals surface area contributed by atoms with Gasteiger partial charge in [0.25, 0.3) is 5.91 Å². The molecule has 27 heavy (non-hydrogen) atoms. The highest BCUT2D eigenvalue weighted by Crippen LogP contribution is 2.26. The van der Waals surface area contributed by atoms with E-state index >= 15 is 0 Å². The monoisotopic (exact) mass is 379 g/mol. The van der Waals surface area contributed by atoms with Crippen LogP contribution in [0.2, 0.25) is 0 Å². The summed E-state index contributed by atoms with van der Waals surface area (Å²) in [5.41, 5.74) is 0.0255. The second-order valence-electron chi connectivity index (χ2n) is 7.19. The minimum absolute atomic E-state index is 0.0176. The van der Waals surface area contributed by atoms with Crippen molar-refractivity contribution in [3.05, 3.63) is 35.6 Å². The number of urea groups is 1. The first-order valence-corrected chi connectivity index (χ1v) is 9.27. The molecule has 1 aromatic carbocycles. The number of carbonyl (C=O) groups is 2. The summed E-state index contributed by atoms with van der Waals surface area (Å²) in [4.78, 5) is 28.4. The van der Waals surface area contributed by atoms with Gasteiger partial charge in [-0.3, -0.25) is 4.79 Å².